The number of amides is 1. The van der Waals surface area contributed by atoms with Gasteiger partial charge in [-0.2, -0.15) is 0 Å². The summed E-state index contributed by atoms with van der Waals surface area (Å²) < 4.78 is 16.3. The number of piperazine rings is 1. The third-order valence-electron chi connectivity index (χ3n) is 5.61. The van der Waals surface area contributed by atoms with Gasteiger partial charge in [0.05, 0.1) is 12.6 Å². The second kappa shape index (κ2) is 9.36. The molecule has 1 saturated heterocycles. The second-order valence-corrected chi connectivity index (χ2v) is 7.62. The minimum absolute atomic E-state index is 0.0170. The van der Waals surface area contributed by atoms with Crippen molar-refractivity contribution in [3.8, 4) is 17.2 Å². The molecule has 2 aromatic carbocycles. The van der Waals surface area contributed by atoms with E-state index in [2.05, 4.69) is 27.2 Å². The Morgan fingerprint density at radius 1 is 1.07 bits per heavy atom. The van der Waals surface area contributed by atoms with E-state index in [1.807, 2.05) is 44.2 Å². The number of rotatable bonds is 7. The number of hydrogen-bond donors (Lipinski definition) is 1. The van der Waals surface area contributed by atoms with Crippen LogP contribution in [0.15, 0.2) is 42.5 Å². The first-order chi connectivity index (χ1) is 14.6. The first kappa shape index (κ1) is 20.5. The molecular weight excluding hydrogens is 382 g/mol. The van der Waals surface area contributed by atoms with Crippen molar-refractivity contribution in [2.45, 2.75) is 26.4 Å². The van der Waals surface area contributed by atoms with Gasteiger partial charge in [-0.25, -0.2) is 0 Å². The van der Waals surface area contributed by atoms with Crippen LogP contribution in [0.2, 0.25) is 0 Å². The van der Waals surface area contributed by atoms with Crippen molar-refractivity contribution in [2.24, 2.45) is 0 Å². The lowest BCUT2D eigenvalue weighted by atomic mass is 10.1. The Kier molecular flexibility index (Phi) is 6.40. The Balaban J connectivity index is 1.25. The lowest BCUT2D eigenvalue weighted by molar-refractivity contribution is -0.121. The van der Waals surface area contributed by atoms with E-state index < -0.39 is 0 Å². The minimum Gasteiger partial charge on any atom is -0.494 e. The number of ether oxygens (including phenoxy) is 3. The number of benzene rings is 2. The zero-order valence-corrected chi connectivity index (χ0v) is 17.6. The Morgan fingerprint density at radius 3 is 2.53 bits per heavy atom. The summed E-state index contributed by atoms with van der Waals surface area (Å²) in [5.41, 5.74) is 2.01. The standard InChI is InChI=1S/C23H29N3O4/c1-3-28-20-7-5-19(6-8-20)24-23(27)17(2)26-12-10-25(11-13-26)15-18-4-9-21-22(14-18)30-16-29-21/h4-9,14,17H,3,10-13,15-16H2,1-2H3,(H,24,27)/t17-/m1/s1. The molecule has 2 aliphatic rings. The molecule has 2 aliphatic heterocycles. The molecule has 4 rings (SSSR count). The summed E-state index contributed by atoms with van der Waals surface area (Å²) in [5, 5.41) is 3.01. The van der Waals surface area contributed by atoms with E-state index in [1.54, 1.807) is 0 Å². The van der Waals surface area contributed by atoms with Crippen molar-refractivity contribution in [1.82, 2.24) is 9.80 Å². The molecule has 0 saturated carbocycles. The molecule has 7 heteroatoms. The molecule has 0 aromatic heterocycles. The van der Waals surface area contributed by atoms with E-state index in [9.17, 15) is 4.79 Å². The number of fused-ring (bicyclic) bond motifs is 1. The van der Waals surface area contributed by atoms with Crippen LogP contribution in [0, 0.1) is 0 Å². The quantitative estimate of drug-likeness (QED) is 0.756. The molecule has 1 atom stereocenters. The lowest BCUT2D eigenvalue weighted by Gasteiger charge is -2.37. The van der Waals surface area contributed by atoms with Crippen LogP contribution in [0.1, 0.15) is 19.4 Å². The molecule has 2 heterocycles. The van der Waals surface area contributed by atoms with Gasteiger partial charge in [0.15, 0.2) is 11.5 Å². The van der Waals surface area contributed by atoms with Gasteiger partial charge in [-0.05, 0) is 55.8 Å². The fourth-order valence-electron chi connectivity index (χ4n) is 3.82. The molecule has 1 N–H and O–H groups in total. The molecule has 2 aromatic rings. The number of nitrogens with zero attached hydrogens (tertiary/aromatic N) is 2. The Labute approximate surface area is 177 Å². The number of hydrogen-bond acceptors (Lipinski definition) is 6. The maximum absolute atomic E-state index is 12.7. The third kappa shape index (κ3) is 4.86. The predicted octanol–water partition coefficient (Wildman–Crippen LogP) is 2.96. The van der Waals surface area contributed by atoms with Gasteiger partial charge >= 0.3 is 0 Å². The summed E-state index contributed by atoms with van der Waals surface area (Å²) in [5.74, 6) is 2.46. The molecule has 0 radical (unpaired) electrons. The molecule has 0 unspecified atom stereocenters. The summed E-state index contributed by atoms with van der Waals surface area (Å²) in [4.78, 5) is 17.3. The Hall–Kier alpha value is -2.77. The second-order valence-electron chi connectivity index (χ2n) is 7.62. The first-order valence-corrected chi connectivity index (χ1v) is 10.5. The zero-order valence-electron chi connectivity index (χ0n) is 17.6. The third-order valence-corrected chi connectivity index (χ3v) is 5.61. The van der Waals surface area contributed by atoms with Crippen molar-refractivity contribution in [2.75, 3.05) is 44.9 Å². The van der Waals surface area contributed by atoms with E-state index in [0.29, 0.717) is 13.4 Å². The summed E-state index contributed by atoms with van der Waals surface area (Å²) >= 11 is 0. The number of carbonyl (C=O) groups is 1. The lowest BCUT2D eigenvalue weighted by Crippen LogP contribution is -2.52. The summed E-state index contributed by atoms with van der Waals surface area (Å²) in [6.07, 6.45) is 0. The molecule has 0 spiro atoms. The van der Waals surface area contributed by atoms with Gasteiger partial charge in [0.2, 0.25) is 12.7 Å². The summed E-state index contributed by atoms with van der Waals surface area (Å²) in [7, 11) is 0. The molecule has 7 nitrogen and oxygen atoms in total. The Bertz CT molecular complexity index is 863. The molecule has 30 heavy (non-hydrogen) atoms. The molecule has 0 bridgehead atoms. The van der Waals surface area contributed by atoms with Crippen LogP contribution in [0.5, 0.6) is 17.2 Å². The van der Waals surface area contributed by atoms with Gasteiger partial charge in [0.1, 0.15) is 5.75 Å². The molecular formula is C23H29N3O4. The van der Waals surface area contributed by atoms with Crippen molar-refractivity contribution in [3.63, 3.8) is 0 Å². The molecule has 1 amide bonds. The SMILES string of the molecule is CCOc1ccc(NC(=O)[C@@H](C)N2CCN(Cc3ccc4c(c3)OCO4)CC2)cc1. The smallest absolute Gasteiger partial charge is 0.241 e. The zero-order chi connectivity index (χ0) is 20.9. The van der Waals surface area contributed by atoms with Crippen molar-refractivity contribution >= 4 is 11.6 Å². The maximum Gasteiger partial charge on any atom is 0.241 e. The van der Waals surface area contributed by atoms with Crippen LogP contribution in [-0.2, 0) is 11.3 Å². The predicted molar refractivity (Wildman–Crippen MR) is 115 cm³/mol. The fourth-order valence-corrected chi connectivity index (χ4v) is 3.82. The number of carbonyl (C=O) groups excluding carboxylic acids is 1. The number of nitrogens with one attached hydrogen (secondary N) is 1. The average molecular weight is 412 g/mol. The maximum atomic E-state index is 12.7. The van der Waals surface area contributed by atoms with E-state index in [0.717, 1.165) is 55.7 Å². The fraction of sp³-hybridized carbons (Fsp3) is 0.435. The largest absolute Gasteiger partial charge is 0.494 e. The molecule has 160 valence electrons. The van der Waals surface area contributed by atoms with Crippen LogP contribution >= 0.6 is 0 Å². The molecule has 1 fully saturated rings. The minimum atomic E-state index is -0.177. The average Bonchev–Trinajstić information content (AvgIpc) is 3.23. The van der Waals surface area contributed by atoms with Gasteiger partial charge in [-0.15, -0.1) is 0 Å². The van der Waals surface area contributed by atoms with Crippen molar-refractivity contribution in [3.05, 3.63) is 48.0 Å². The van der Waals surface area contributed by atoms with E-state index in [-0.39, 0.29) is 11.9 Å². The first-order valence-electron chi connectivity index (χ1n) is 10.5. The van der Waals surface area contributed by atoms with E-state index in [4.69, 9.17) is 14.2 Å². The number of anilines is 1. The van der Waals surface area contributed by atoms with Crippen LogP contribution in [-0.4, -0.2) is 61.3 Å². The topological polar surface area (TPSA) is 63.3 Å². The van der Waals surface area contributed by atoms with E-state index in [1.165, 1.54) is 5.56 Å². The van der Waals surface area contributed by atoms with Gasteiger partial charge in [-0.1, -0.05) is 6.07 Å². The highest BCUT2D eigenvalue weighted by molar-refractivity contribution is 5.94. The highest BCUT2D eigenvalue weighted by Crippen LogP contribution is 2.32. The van der Waals surface area contributed by atoms with Gasteiger partial charge < -0.3 is 19.5 Å². The normalized spacial score (nSPS) is 17.5. The van der Waals surface area contributed by atoms with E-state index >= 15 is 0 Å². The highest BCUT2D eigenvalue weighted by Gasteiger charge is 2.26. The summed E-state index contributed by atoms with van der Waals surface area (Å²) in [6, 6.07) is 13.4. The highest BCUT2D eigenvalue weighted by atomic mass is 16.7. The Morgan fingerprint density at radius 2 is 1.80 bits per heavy atom. The monoisotopic (exact) mass is 411 g/mol. The van der Waals surface area contributed by atoms with Crippen molar-refractivity contribution in [1.29, 1.82) is 0 Å². The van der Waals surface area contributed by atoms with Crippen LogP contribution in [0.4, 0.5) is 5.69 Å². The van der Waals surface area contributed by atoms with Gasteiger partial charge in [-0.3, -0.25) is 14.6 Å². The van der Waals surface area contributed by atoms with Crippen LogP contribution < -0.4 is 19.5 Å². The van der Waals surface area contributed by atoms with Crippen LogP contribution in [0.3, 0.4) is 0 Å². The van der Waals surface area contributed by atoms with Crippen LogP contribution in [0.25, 0.3) is 0 Å². The van der Waals surface area contributed by atoms with Gasteiger partial charge in [0, 0.05) is 38.4 Å². The molecule has 0 aliphatic carbocycles. The van der Waals surface area contributed by atoms with Crippen molar-refractivity contribution < 1.29 is 19.0 Å². The summed E-state index contributed by atoms with van der Waals surface area (Å²) in [6.45, 7) is 9.30. The van der Waals surface area contributed by atoms with Gasteiger partial charge in [0.25, 0.3) is 0 Å².